The van der Waals surface area contributed by atoms with E-state index >= 15 is 0 Å². The van der Waals surface area contributed by atoms with Crippen LogP contribution in [0.4, 0.5) is 5.69 Å². The van der Waals surface area contributed by atoms with Gasteiger partial charge in [-0.3, -0.25) is 14.6 Å². The van der Waals surface area contributed by atoms with Crippen molar-refractivity contribution in [1.82, 2.24) is 9.29 Å². The summed E-state index contributed by atoms with van der Waals surface area (Å²) >= 11 is 0. The number of esters is 1. The third kappa shape index (κ3) is 5.22. The molecule has 0 bridgehead atoms. The normalized spacial score (nSPS) is 15.5. The van der Waals surface area contributed by atoms with Crippen LogP contribution in [-0.4, -0.2) is 49.3 Å². The van der Waals surface area contributed by atoms with Gasteiger partial charge in [0.05, 0.1) is 5.92 Å². The van der Waals surface area contributed by atoms with Gasteiger partial charge in [-0.25, -0.2) is 8.42 Å². The number of carbonyl (C=O) groups excluding carboxylic acids is 2. The second-order valence-electron chi connectivity index (χ2n) is 7.03. The van der Waals surface area contributed by atoms with Gasteiger partial charge >= 0.3 is 5.97 Å². The van der Waals surface area contributed by atoms with Crippen LogP contribution in [0.1, 0.15) is 25.3 Å². The van der Waals surface area contributed by atoms with Gasteiger partial charge in [0.2, 0.25) is 10.0 Å². The zero-order chi connectivity index (χ0) is 21.6. The molecule has 0 spiro atoms. The van der Waals surface area contributed by atoms with Crippen molar-refractivity contribution in [3.05, 3.63) is 54.4 Å². The van der Waals surface area contributed by atoms with E-state index in [9.17, 15) is 18.0 Å². The van der Waals surface area contributed by atoms with E-state index in [0.29, 0.717) is 18.5 Å². The molecule has 9 heteroatoms. The average Bonchev–Trinajstić information content (AvgIpc) is 2.78. The lowest BCUT2D eigenvalue weighted by molar-refractivity contribution is -0.152. The van der Waals surface area contributed by atoms with E-state index in [1.54, 1.807) is 12.1 Å². The number of benzene rings is 1. The number of hydrogen-bond donors (Lipinski definition) is 1. The first kappa shape index (κ1) is 21.9. The predicted molar refractivity (Wildman–Crippen MR) is 111 cm³/mol. The molecule has 1 N–H and O–H groups in total. The van der Waals surface area contributed by atoms with Crippen molar-refractivity contribution >= 4 is 27.6 Å². The Morgan fingerprint density at radius 3 is 2.57 bits per heavy atom. The molecule has 3 rings (SSSR count). The number of amides is 1. The molecule has 1 aliphatic rings. The van der Waals surface area contributed by atoms with Crippen LogP contribution in [0.25, 0.3) is 0 Å². The highest BCUT2D eigenvalue weighted by molar-refractivity contribution is 7.89. The summed E-state index contributed by atoms with van der Waals surface area (Å²) in [7, 11) is -3.62. The molecule has 160 valence electrons. The maximum Gasteiger partial charge on any atom is 0.309 e. The first-order chi connectivity index (χ1) is 14.4. The third-order valence-corrected chi connectivity index (χ3v) is 6.96. The summed E-state index contributed by atoms with van der Waals surface area (Å²) in [6.07, 6.45) is 4.29. The largest absolute Gasteiger partial charge is 0.455 e. The molecule has 8 nitrogen and oxygen atoms in total. The van der Waals surface area contributed by atoms with Crippen molar-refractivity contribution in [1.29, 1.82) is 0 Å². The van der Waals surface area contributed by atoms with Crippen LogP contribution in [0.2, 0.25) is 0 Å². The van der Waals surface area contributed by atoms with Crippen molar-refractivity contribution in [2.45, 2.75) is 31.1 Å². The number of rotatable bonds is 7. The summed E-state index contributed by atoms with van der Waals surface area (Å²) in [4.78, 5) is 28.4. The minimum Gasteiger partial charge on any atom is -0.455 e. The zero-order valence-corrected chi connectivity index (χ0v) is 17.6. The fraction of sp³-hybridized carbons (Fsp3) is 0.381. The summed E-state index contributed by atoms with van der Waals surface area (Å²) in [6, 6.07) is 10.5. The Morgan fingerprint density at radius 1 is 1.17 bits per heavy atom. The standard InChI is InChI=1S/C21H25N3O5S/c1-2-16-6-3-4-8-19(16)23-20(25)15-29-21(26)17-9-12-24(13-10-17)30(27,28)18-7-5-11-22-14-18/h3-8,11,14,17H,2,9-10,12-13,15H2,1H3,(H,23,25). The van der Waals surface area contributed by atoms with Gasteiger partial charge in [-0.15, -0.1) is 0 Å². The van der Waals surface area contributed by atoms with E-state index < -0.39 is 27.8 Å². The quantitative estimate of drug-likeness (QED) is 0.674. The molecule has 1 fully saturated rings. The van der Waals surface area contributed by atoms with E-state index in [1.807, 2.05) is 25.1 Å². The van der Waals surface area contributed by atoms with Gasteiger partial charge in [0, 0.05) is 31.2 Å². The molecule has 0 aliphatic carbocycles. The lowest BCUT2D eigenvalue weighted by Gasteiger charge is -2.29. The maximum atomic E-state index is 12.6. The Kier molecular flexibility index (Phi) is 7.17. The fourth-order valence-electron chi connectivity index (χ4n) is 3.37. The summed E-state index contributed by atoms with van der Waals surface area (Å²) in [5.74, 6) is -1.31. The summed E-state index contributed by atoms with van der Waals surface area (Å²) in [5, 5.41) is 2.76. The second kappa shape index (κ2) is 9.82. The smallest absolute Gasteiger partial charge is 0.309 e. The molecule has 0 unspecified atom stereocenters. The molecule has 0 atom stereocenters. The molecule has 0 radical (unpaired) electrons. The molecule has 1 amide bonds. The van der Waals surface area contributed by atoms with Crippen molar-refractivity contribution in [2.75, 3.05) is 25.0 Å². The van der Waals surface area contributed by atoms with Crippen molar-refractivity contribution in [3.8, 4) is 0 Å². The number of sulfonamides is 1. The fourth-order valence-corrected chi connectivity index (χ4v) is 4.81. The van der Waals surface area contributed by atoms with Crippen molar-refractivity contribution in [2.24, 2.45) is 5.92 Å². The van der Waals surface area contributed by atoms with E-state index in [-0.39, 0.29) is 24.6 Å². The minimum atomic E-state index is -3.62. The summed E-state index contributed by atoms with van der Waals surface area (Å²) in [6.45, 7) is 2.05. The summed E-state index contributed by atoms with van der Waals surface area (Å²) in [5.41, 5.74) is 1.70. The Bertz CT molecular complexity index is 987. The van der Waals surface area contributed by atoms with E-state index in [4.69, 9.17) is 4.74 Å². The van der Waals surface area contributed by atoms with Crippen LogP contribution in [0.5, 0.6) is 0 Å². The Labute approximate surface area is 176 Å². The number of para-hydroxylation sites is 1. The number of aromatic nitrogens is 1. The van der Waals surface area contributed by atoms with Crippen LogP contribution in [0, 0.1) is 5.92 Å². The highest BCUT2D eigenvalue weighted by atomic mass is 32.2. The number of anilines is 1. The number of nitrogens with zero attached hydrogens (tertiary/aromatic N) is 2. The topological polar surface area (TPSA) is 106 Å². The molecule has 0 saturated carbocycles. The van der Waals surface area contributed by atoms with Crippen LogP contribution in [0.3, 0.4) is 0 Å². The number of aryl methyl sites for hydroxylation is 1. The van der Waals surface area contributed by atoms with Crippen molar-refractivity contribution < 1.29 is 22.7 Å². The predicted octanol–water partition coefficient (Wildman–Crippen LogP) is 2.23. The van der Waals surface area contributed by atoms with E-state index in [0.717, 1.165) is 12.0 Å². The Hall–Kier alpha value is -2.78. The third-order valence-electron chi connectivity index (χ3n) is 5.08. The molecular formula is C21H25N3O5S. The van der Waals surface area contributed by atoms with Gasteiger partial charge < -0.3 is 10.1 Å². The molecule has 1 aromatic heterocycles. The monoisotopic (exact) mass is 431 g/mol. The molecule has 1 aliphatic heterocycles. The number of ether oxygens (including phenoxy) is 1. The summed E-state index contributed by atoms with van der Waals surface area (Å²) < 4.78 is 31.8. The Morgan fingerprint density at radius 2 is 1.90 bits per heavy atom. The molecule has 2 aromatic rings. The lowest BCUT2D eigenvalue weighted by atomic mass is 9.98. The van der Waals surface area contributed by atoms with Gasteiger partial charge in [-0.1, -0.05) is 25.1 Å². The van der Waals surface area contributed by atoms with Crippen LogP contribution in [0.15, 0.2) is 53.7 Å². The first-order valence-corrected chi connectivity index (χ1v) is 11.3. The number of pyridine rings is 1. The highest BCUT2D eigenvalue weighted by Gasteiger charge is 2.33. The van der Waals surface area contributed by atoms with Crippen LogP contribution >= 0.6 is 0 Å². The van der Waals surface area contributed by atoms with E-state index in [2.05, 4.69) is 10.3 Å². The minimum absolute atomic E-state index is 0.134. The van der Waals surface area contributed by atoms with Crippen LogP contribution < -0.4 is 5.32 Å². The zero-order valence-electron chi connectivity index (χ0n) is 16.8. The van der Waals surface area contributed by atoms with Gasteiger partial charge in [0.15, 0.2) is 6.61 Å². The number of carbonyl (C=O) groups is 2. The van der Waals surface area contributed by atoms with Gasteiger partial charge in [-0.05, 0) is 43.0 Å². The SMILES string of the molecule is CCc1ccccc1NC(=O)COC(=O)C1CCN(S(=O)(=O)c2cccnc2)CC1. The second-order valence-corrected chi connectivity index (χ2v) is 8.97. The van der Waals surface area contributed by atoms with Gasteiger partial charge in [-0.2, -0.15) is 4.31 Å². The van der Waals surface area contributed by atoms with Crippen molar-refractivity contribution in [3.63, 3.8) is 0 Å². The first-order valence-electron chi connectivity index (χ1n) is 9.86. The molecule has 30 heavy (non-hydrogen) atoms. The number of hydrogen-bond acceptors (Lipinski definition) is 6. The van der Waals surface area contributed by atoms with Gasteiger partial charge in [0.1, 0.15) is 4.90 Å². The number of piperidine rings is 1. The molecule has 2 heterocycles. The van der Waals surface area contributed by atoms with Crippen LogP contribution in [-0.2, 0) is 30.8 Å². The number of nitrogens with one attached hydrogen (secondary N) is 1. The van der Waals surface area contributed by atoms with E-state index in [1.165, 1.54) is 22.8 Å². The average molecular weight is 432 g/mol. The maximum absolute atomic E-state index is 12.6. The molecule has 1 saturated heterocycles. The molecular weight excluding hydrogens is 406 g/mol. The lowest BCUT2D eigenvalue weighted by Crippen LogP contribution is -2.41. The molecule has 1 aromatic carbocycles. The Balaban J connectivity index is 1.48. The highest BCUT2D eigenvalue weighted by Crippen LogP contribution is 2.24. The van der Waals surface area contributed by atoms with Gasteiger partial charge in [0.25, 0.3) is 5.91 Å².